The Morgan fingerprint density at radius 3 is 2.40 bits per heavy atom. The summed E-state index contributed by atoms with van der Waals surface area (Å²) in [5.41, 5.74) is 0.686. The molecule has 1 aromatic carbocycles. The van der Waals surface area contributed by atoms with Crippen LogP contribution < -0.4 is 10.6 Å². The number of urea groups is 1. The van der Waals surface area contributed by atoms with Gasteiger partial charge in [0.25, 0.3) is 5.69 Å². The Hall–Kier alpha value is -2.64. The lowest BCUT2D eigenvalue weighted by molar-refractivity contribution is -0.384. The molecule has 8 heteroatoms. The Balaban J connectivity index is 2.37. The van der Waals surface area contributed by atoms with Gasteiger partial charge in [0.05, 0.1) is 10.8 Å². The van der Waals surface area contributed by atoms with Crippen LogP contribution in [0.1, 0.15) is 12.5 Å². The van der Waals surface area contributed by atoms with Gasteiger partial charge in [-0.2, -0.15) is 0 Å². The molecular weight excluding hydrogens is 266 g/mol. The summed E-state index contributed by atoms with van der Waals surface area (Å²) in [7, 11) is 0. The van der Waals surface area contributed by atoms with E-state index >= 15 is 0 Å². The van der Waals surface area contributed by atoms with E-state index in [9.17, 15) is 19.7 Å². The zero-order valence-electron chi connectivity index (χ0n) is 10.8. The molecule has 2 amide bonds. The highest BCUT2D eigenvalue weighted by Gasteiger charge is 2.11. The van der Waals surface area contributed by atoms with E-state index in [1.807, 2.05) is 0 Å². The number of nitrogens with one attached hydrogen (secondary N) is 2. The predicted molar refractivity (Wildman–Crippen MR) is 70.1 cm³/mol. The number of hydrogen-bond acceptors (Lipinski definition) is 4. The number of carboxylic acid groups (broad SMARTS) is 1. The highest BCUT2D eigenvalue weighted by Crippen LogP contribution is 2.11. The van der Waals surface area contributed by atoms with Crippen LogP contribution in [0, 0.1) is 16.0 Å². The first-order chi connectivity index (χ1) is 9.40. The van der Waals surface area contributed by atoms with Crippen molar-refractivity contribution in [1.82, 2.24) is 10.6 Å². The average Bonchev–Trinajstić information content (AvgIpc) is 2.42. The smallest absolute Gasteiger partial charge is 0.315 e. The largest absolute Gasteiger partial charge is 0.481 e. The zero-order valence-corrected chi connectivity index (χ0v) is 10.8. The molecular formula is C12H15N3O5. The number of nitro benzene ring substituents is 1. The van der Waals surface area contributed by atoms with Gasteiger partial charge in [-0.05, 0) is 5.56 Å². The minimum absolute atomic E-state index is 0.0199. The molecule has 1 aromatic rings. The van der Waals surface area contributed by atoms with E-state index in [1.165, 1.54) is 31.2 Å². The number of nitro groups is 1. The summed E-state index contributed by atoms with van der Waals surface area (Å²) < 4.78 is 0. The van der Waals surface area contributed by atoms with E-state index in [2.05, 4.69) is 10.6 Å². The van der Waals surface area contributed by atoms with Crippen molar-refractivity contribution in [2.24, 2.45) is 5.92 Å². The maximum atomic E-state index is 11.4. The summed E-state index contributed by atoms with van der Waals surface area (Å²) in [5, 5.41) is 24.1. The Morgan fingerprint density at radius 1 is 1.30 bits per heavy atom. The Bertz CT molecular complexity index is 500. The van der Waals surface area contributed by atoms with Crippen LogP contribution in [0.15, 0.2) is 24.3 Å². The number of carbonyl (C=O) groups is 2. The normalized spacial score (nSPS) is 11.4. The van der Waals surface area contributed by atoms with Gasteiger partial charge in [0, 0.05) is 25.2 Å². The van der Waals surface area contributed by atoms with Gasteiger partial charge in [-0.1, -0.05) is 19.1 Å². The third kappa shape index (κ3) is 4.92. The standard InChI is InChI=1S/C12H15N3O5/c1-8(11(16)17)6-13-12(18)14-7-9-2-4-10(5-3-9)15(19)20/h2-5,8H,6-7H2,1H3,(H,16,17)(H2,13,14,18). The SMILES string of the molecule is CC(CNC(=O)NCc1ccc([N+](=O)[O-])cc1)C(=O)O. The topological polar surface area (TPSA) is 122 Å². The molecule has 1 atom stereocenters. The first-order valence-electron chi connectivity index (χ1n) is 5.88. The number of hydrogen-bond donors (Lipinski definition) is 3. The molecule has 0 aliphatic heterocycles. The molecule has 8 nitrogen and oxygen atoms in total. The number of non-ortho nitro benzene ring substituents is 1. The van der Waals surface area contributed by atoms with Crippen molar-refractivity contribution in [3.05, 3.63) is 39.9 Å². The lowest BCUT2D eigenvalue weighted by Crippen LogP contribution is -2.38. The van der Waals surface area contributed by atoms with Crippen LogP contribution >= 0.6 is 0 Å². The fourth-order valence-electron chi connectivity index (χ4n) is 1.31. The van der Waals surface area contributed by atoms with E-state index in [4.69, 9.17) is 5.11 Å². The van der Waals surface area contributed by atoms with Crippen LogP contribution in [0.3, 0.4) is 0 Å². The highest BCUT2D eigenvalue weighted by atomic mass is 16.6. The molecule has 0 heterocycles. The van der Waals surface area contributed by atoms with Crippen molar-refractivity contribution in [2.75, 3.05) is 6.54 Å². The zero-order chi connectivity index (χ0) is 15.1. The summed E-state index contributed by atoms with van der Waals surface area (Å²) in [6, 6.07) is 5.29. The van der Waals surface area contributed by atoms with Crippen LogP contribution in [0.4, 0.5) is 10.5 Å². The lowest BCUT2D eigenvalue weighted by atomic mass is 10.2. The number of benzene rings is 1. The molecule has 0 aromatic heterocycles. The summed E-state index contributed by atoms with van der Waals surface area (Å²) in [6.45, 7) is 1.71. The van der Waals surface area contributed by atoms with Gasteiger partial charge >= 0.3 is 12.0 Å². The molecule has 108 valence electrons. The minimum atomic E-state index is -0.985. The van der Waals surface area contributed by atoms with Gasteiger partial charge in [0.2, 0.25) is 0 Å². The fraction of sp³-hybridized carbons (Fsp3) is 0.333. The second kappa shape index (κ2) is 7.07. The maximum absolute atomic E-state index is 11.4. The summed E-state index contributed by atoms with van der Waals surface area (Å²) in [5.74, 6) is -1.65. The van der Waals surface area contributed by atoms with Crippen molar-refractivity contribution in [2.45, 2.75) is 13.5 Å². The van der Waals surface area contributed by atoms with Crippen LogP contribution in [0.5, 0.6) is 0 Å². The van der Waals surface area contributed by atoms with Gasteiger partial charge in [0.1, 0.15) is 0 Å². The molecule has 0 aliphatic carbocycles. The van der Waals surface area contributed by atoms with Gasteiger partial charge in [-0.15, -0.1) is 0 Å². The summed E-state index contributed by atoms with van der Waals surface area (Å²) in [4.78, 5) is 31.9. The highest BCUT2D eigenvalue weighted by molar-refractivity contribution is 5.75. The van der Waals surface area contributed by atoms with Crippen LogP contribution in [-0.4, -0.2) is 28.6 Å². The lowest BCUT2D eigenvalue weighted by Gasteiger charge is -2.09. The van der Waals surface area contributed by atoms with E-state index in [0.717, 1.165) is 0 Å². The molecule has 0 fully saturated rings. The molecule has 0 saturated heterocycles. The average molecular weight is 281 g/mol. The number of carbonyl (C=O) groups excluding carboxylic acids is 1. The quantitative estimate of drug-likeness (QED) is 0.532. The first kappa shape index (κ1) is 15.4. The number of amides is 2. The second-order valence-electron chi connectivity index (χ2n) is 4.23. The van der Waals surface area contributed by atoms with E-state index in [0.29, 0.717) is 5.56 Å². The van der Waals surface area contributed by atoms with Crippen molar-refractivity contribution in [3.8, 4) is 0 Å². The molecule has 0 saturated carbocycles. The molecule has 0 aliphatic rings. The number of rotatable bonds is 6. The molecule has 0 spiro atoms. The number of nitrogens with zero attached hydrogens (tertiary/aromatic N) is 1. The number of carboxylic acids is 1. The Morgan fingerprint density at radius 2 is 1.90 bits per heavy atom. The fourth-order valence-corrected chi connectivity index (χ4v) is 1.31. The molecule has 0 radical (unpaired) electrons. The van der Waals surface area contributed by atoms with Crippen LogP contribution in [-0.2, 0) is 11.3 Å². The summed E-state index contributed by atoms with van der Waals surface area (Å²) >= 11 is 0. The maximum Gasteiger partial charge on any atom is 0.315 e. The Kier molecular flexibility index (Phi) is 5.45. The molecule has 3 N–H and O–H groups in total. The van der Waals surface area contributed by atoms with Crippen molar-refractivity contribution in [3.63, 3.8) is 0 Å². The summed E-state index contributed by atoms with van der Waals surface area (Å²) in [6.07, 6.45) is 0. The third-order valence-electron chi connectivity index (χ3n) is 2.59. The monoisotopic (exact) mass is 281 g/mol. The van der Waals surface area contributed by atoms with E-state index < -0.39 is 22.8 Å². The molecule has 1 rings (SSSR count). The van der Waals surface area contributed by atoms with Gasteiger partial charge < -0.3 is 15.7 Å². The van der Waals surface area contributed by atoms with E-state index in [1.54, 1.807) is 0 Å². The van der Waals surface area contributed by atoms with Gasteiger partial charge in [-0.25, -0.2) is 4.79 Å². The molecule has 1 unspecified atom stereocenters. The van der Waals surface area contributed by atoms with Gasteiger partial charge in [0.15, 0.2) is 0 Å². The minimum Gasteiger partial charge on any atom is -0.481 e. The number of aliphatic carboxylic acids is 1. The predicted octanol–water partition coefficient (Wildman–Crippen LogP) is 1.11. The van der Waals surface area contributed by atoms with Crippen LogP contribution in [0.2, 0.25) is 0 Å². The van der Waals surface area contributed by atoms with Crippen molar-refractivity contribution >= 4 is 17.7 Å². The van der Waals surface area contributed by atoms with Crippen molar-refractivity contribution < 1.29 is 19.6 Å². The third-order valence-corrected chi connectivity index (χ3v) is 2.59. The molecule has 0 bridgehead atoms. The molecule has 20 heavy (non-hydrogen) atoms. The first-order valence-corrected chi connectivity index (χ1v) is 5.88. The van der Waals surface area contributed by atoms with E-state index in [-0.39, 0.29) is 18.8 Å². The van der Waals surface area contributed by atoms with Gasteiger partial charge in [-0.3, -0.25) is 14.9 Å². The second-order valence-corrected chi connectivity index (χ2v) is 4.23. The Labute approximate surface area is 114 Å². The van der Waals surface area contributed by atoms with Crippen LogP contribution in [0.25, 0.3) is 0 Å². The van der Waals surface area contributed by atoms with Crippen molar-refractivity contribution in [1.29, 1.82) is 0 Å².